The molecule has 1 rings (SSSR count). The van der Waals surface area contributed by atoms with Crippen LogP contribution in [0.3, 0.4) is 0 Å². The maximum absolute atomic E-state index is 12.6. The number of halogens is 7. The van der Waals surface area contributed by atoms with Crippen molar-refractivity contribution in [3.8, 4) is 5.88 Å². The van der Waals surface area contributed by atoms with E-state index in [-0.39, 0.29) is 5.56 Å². The Morgan fingerprint density at radius 1 is 1.18 bits per heavy atom. The van der Waals surface area contributed by atoms with Crippen molar-refractivity contribution in [3.05, 3.63) is 20.9 Å². The Balaban J connectivity index is 3.30. The van der Waals surface area contributed by atoms with E-state index in [4.69, 9.17) is 0 Å². The molecule has 0 radical (unpaired) electrons. The third-order valence-corrected chi connectivity index (χ3v) is 2.67. The molecular weight excluding hydrogens is 367 g/mol. The summed E-state index contributed by atoms with van der Waals surface area (Å²) >= 11 is 1.12. The highest BCUT2D eigenvalue weighted by Crippen LogP contribution is 2.39. The number of pyridine rings is 1. The number of rotatable bonds is 1. The van der Waals surface area contributed by atoms with E-state index in [0.29, 0.717) is 6.20 Å². The summed E-state index contributed by atoms with van der Waals surface area (Å²) in [7, 11) is 0. The van der Waals surface area contributed by atoms with Gasteiger partial charge >= 0.3 is 12.5 Å². The molecule has 17 heavy (non-hydrogen) atoms. The Labute approximate surface area is 105 Å². The van der Waals surface area contributed by atoms with E-state index in [1.165, 1.54) is 0 Å². The highest BCUT2D eigenvalue weighted by molar-refractivity contribution is 14.1. The Kier molecular flexibility index (Phi) is 3.79. The molecular formula is C8H4F6INO. The number of hydrogen-bond acceptors (Lipinski definition) is 2. The van der Waals surface area contributed by atoms with Crippen LogP contribution in [-0.4, -0.2) is 11.3 Å². The average Bonchev–Trinajstić information content (AvgIpc) is 2.06. The van der Waals surface area contributed by atoms with Crippen LogP contribution in [0.15, 0.2) is 6.20 Å². The van der Waals surface area contributed by atoms with E-state index in [2.05, 4.69) is 9.72 Å². The summed E-state index contributed by atoms with van der Waals surface area (Å²) in [6, 6.07) is 0. The lowest BCUT2D eigenvalue weighted by Crippen LogP contribution is -2.20. The van der Waals surface area contributed by atoms with Gasteiger partial charge in [-0.05, 0) is 35.1 Å². The summed E-state index contributed by atoms with van der Waals surface area (Å²) < 4.78 is 76.1. The third kappa shape index (κ3) is 3.61. The van der Waals surface area contributed by atoms with Gasteiger partial charge in [0.2, 0.25) is 5.88 Å². The van der Waals surface area contributed by atoms with Crippen molar-refractivity contribution < 1.29 is 31.1 Å². The topological polar surface area (TPSA) is 22.1 Å². The second-order valence-electron chi connectivity index (χ2n) is 2.98. The van der Waals surface area contributed by atoms with E-state index < -0.39 is 27.6 Å². The molecule has 1 heterocycles. The van der Waals surface area contributed by atoms with Crippen LogP contribution in [0.25, 0.3) is 0 Å². The summed E-state index contributed by atoms with van der Waals surface area (Å²) in [5.41, 5.74) is -1.44. The quantitative estimate of drug-likeness (QED) is 0.552. The molecule has 0 unspecified atom stereocenters. The van der Waals surface area contributed by atoms with E-state index in [1.54, 1.807) is 0 Å². The molecule has 0 N–H and O–H groups in total. The van der Waals surface area contributed by atoms with Gasteiger partial charge in [-0.2, -0.15) is 13.2 Å². The smallest absolute Gasteiger partial charge is 0.387 e. The van der Waals surface area contributed by atoms with Crippen molar-refractivity contribution in [2.75, 3.05) is 0 Å². The maximum atomic E-state index is 12.6. The van der Waals surface area contributed by atoms with E-state index >= 15 is 0 Å². The van der Waals surface area contributed by atoms with Gasteiger partial charge < -0.3 is 4.74 Å². The number of ether oxygens (including phenoxy) is 1. The van der Waals surface area contributed by atoms with Crippen molar-refractivity contribution in [1.29, 1.82) is 0 Å². The van der Waals surface area contributed by atoms with Crippen LogP contribution < -0.4 is 4.74 Å². The fourth-order valence-corrected chi connectivity index (χ4v) is 2.07. The lowest BCUT2D eigenvalue weighted by atomic mass is 10.1. The van der Waals surface area contributed by atoms with Gasteiger partial charge in [0.15, 0.2) is 0 Å². The normalized spacial score (nSPS) is 12.7. The van der Waals surface area contributed by atoms with Gasteiger partial charge in [0, 0.05) is 6.20 Å². The minimum Gasteiger partial charge on any atom is -0.387 e. The van der Waals surface area contributed by atoms with Crippen molar-refractivity contribution in [2.45, 2.75) is 19.5 Å². The summed E-state index contributed by atoms with van der Waals surface area (Å²) in [6.07, 6.45) is -9.15. The first-order valence-electron chi connectivity index (χ1n) is 4.00. The zero-order valence-corrected chi connectivity index (χ0v) is 10.2. The molecule has 0 aliphatic heterocycles. The largest absolute Gasteiger partial charge is 0.574 e. The predicted molar refractivity (Wildman–Crippen MR) is 53.4 cm³/mol. The fraction of sp³-hybridized carbons (Fsp3) is 0.375. The molecule has 2 nitrogen and oxygen atoms in total. The van der Waals surface area contributed by atoms with Gasteiger partial charge in [0.1, 0.15) is 0 Å². The van der Waals surface area contributed by atoms with Crippen molar-refractivity contribution in [1.82, 2.24) is 4.98 Å². The molecule has 0 atom stereocenters. The van der Waals surface area contributed by atoms with Gasteiger partial charge in [-0.15, -0.1) is 13.2 Å². The molecule has 0 saturated carbocycles. The predicted octanol–water partition coefficient (Wildman–Crippen LogP) is 3.91. The third-order valence-electron chi connectivity index (χ3n) is 1.67. The number of alkyl halides is 6. The average molecular weight is 371 g/mol. The number of aromatic nitrogens is 1. The lowest BCUT2D eigenvalue weighted by Gasteiger charge is -2.15. The zero-order valence-electron chi connectivity index (χ0n) is 8.08. The molecule has 96 valence electrons. The van der Waals surface area contributed by atoms with Crippen LogP contribution in [0.5, 0.6) is 5.88 Å². The van der Waals surface area contributed by atoms with Gasteiger partial charge in [-0.25, -0.2) is 4.98 Å². The van der Waals surface area contributed by atoms with E-state index in [1.807, 2.05) is 0 Å². The van der Waals surface area contributed by atoms with Gasteiger partial charge in [0.25, 0.3) is 0 Å². The van der Waals surface area contributed by atoms with E-state index in [9.17, 15) is 26.3 Å². The number of nitrogens with zero attached hydrogens (tertiary/aromatic N) is 1. The van der Waals surface area contributed by atoms with Crippen molar-refractivity contribution >= 4 is 22.6 Å². The molecule has 0 amide bonds. The number of hydrogen-bond donors (Lipinski definition) is 0. The first-order valence-corrected chi connectivity index (χ1v) is 5.08. The summed E-state index contributed by atoms with van der Waals surface area (Å²) in [6.45, 7) is 1.11. The first-order chi connectivity index (χ1) is 7.52. The molecule has 9 heteroatoms. The minimum atomic E-state index is -5.08. The molecule has 0 saturated heterocycles. The molecule has 0 bridgehead atoms. The molecule has 0 aromatic carbocycles. The van der Waals surface area contributed by atoms with Crippen LogP contribution >= 0.6 is 22.6 Å². The fourth-order valence-electron chi connectivity index (χ4n) is 1.09. The first kappa shape index (κ1) is 14.3. The van der Waals surface area contributed by atoms with Crippen LogP contribution in [0.2, 0.25) is 0 Å². The zero-order chi connectivity index (χ0) is 13.4. The monoisotopic (exact) mass is 371 g/mol. The van der Waals surface area contributed by atoms with Crippen molar-refractivity contribution in [2.24, 2.45) is 0 Å². The second-order valence-corrected chi connectivity index (χ2v) is 4.06. The molecule has 0 aliphatic carbocycles. The van der Waals surface area contributed by atoms with Crippen molar-refractivity contribution in [3.63, 3.8) is 0 Å². The summed E-state index contributed by atoms with van der Waals surface area (Å²) in [5.74, 6) is -1.10. The van der Waals surface area contributed by atoms with Gasteiger partial charge in [-0.3, -0.25) is 0 Å². The number of aryl methyl sites for hydroxylation is 1. The SMILES string of the molecule is Cc1cnc(OC(F)(F)F)c(I)c1C(F)(F)F. The highest BCUT2D eigenvalue weighted by atomic mass is 127. The minimum absolute atomic E-state index is 0.267. The van der Waals surface area contributed by atoms with E-state index in [0.717, 1.165) is 29.5 Å². The van der Waals surface area contributed by atoms with Crippen LogP contribution in [0.4, 0.5) is 26.3 Å². The molecule has 1 aromatic rings. The Morgan fingerprint density at radius 3 is 2.12 bits per heavy atom. The summed E-state index contributed by atoms with van der Waals surface area (Å²) in [4.78, 5) is 3.19. The Bertz CT molecular complexity index is 427. The molecule has 0 aliphatic rings. The second kappa shape index (κ2) is 4.50. The Morgan fingerprint density at radius 2 is 1.71 bits per heavy atom. The highest BCUT2D eigenvalue weighted by Gasteiger charge is 2.39. The Hall–Kier alpha value is -0.740. The molecule has 1 aromatic heterocycles. The standard InChI is InChI=1S/C8H4F6INO/c1-3-2-16-6(17-8(12,13)14)5(15)4(3)7(9,10)11/h2H,1H3. The lowest BCUT2D eigenvalue weighted by molar-refractivity contribution is -0.276. The van der Waals surface area contributed by atoms with Crippen LogP contribution in [0.1, 0.15) is 11.1 Å². The van der Waals surface area contributed by atoms with Gasteiger partial charge in [-0.1, -0.05) is 0 Å². The van der Waals surface area contributed by atoms with Crippen LogP contribution in [0, 0.1) is 10.5 Å². The molecule has 0 spiro atoms. The summed E-state index contributed by atoms with van der Waals surface area (Å²) in [5, 5.41) is 0. The van der Waals surface area contributed by atoms with Gasteiger partial charge in [0.05, 0.1) is 9.13 Å². The maximum Gasteiger partial charge on any atom is 0.574 e. The van der Waals surface area contributed by atoms with Crippen LogP contribution in [-0.2, 0) is 6.18 Å². The molecule has 0 fully saturated rings.